The molecule has 0 bridgehead atoms. The summed E-state index contributed by atoms with van der Waals surface area (Å²) in [6.45, 7) is -0.145. The first-order chi connectivity index (χ1) is 9.38. The van der Waals surface area contributed by atoms with Crippen LogP contribution in [0.15, 0.2) is 47.4 Å². The predicted octanol–water partition coefficient (Wildman–Crippen LogP) is 2.03. The Bertz CT molecular complexity index is 733. The number of halogens is 2. The van der Waals surface area contributed by atoms with Gasteiger partial charge in [-0.05, 0) is 35.9 Å². The zero-order valence-corrected chi connectivity index (χ0v) is 11.1. The second-order valence-corrected chi connectivity index (χ2v) is 5.88. The molecule has 0 aromatic heterocycles. The minimum absolute atomic E-state index is 0.137. The van der Waals surface area contributed by atoms with Crippen LogP contribution >= 0.6 is 0 Å². The van der Waals surface area contributed by atoms with E-state index in [0.29, 0.717) is 5.56 Å². The summed E-state index contributed by atoms with van der Waals surface area (Å²) in [5.74, 6) is -1.37. The van der Waals surface area contributed by atoms with Crippen LogP contribution in [0.5, 0.6) is 0 Å². The highest BCUT2D eigenvalue weighted by Gasteiger charge is 2.19. The lowest BCUT2D eigenvalue weighted by Gasteiger charge is -2.08. The molecule has 7 heteroatoms. The van der Waals surface area contributed by atoms with E-state index in [4.69, 9.17) is 5.73 Å². The minimum Gasteiger partial charge on any atom is -0.399 e. The molecule has 20 heavy (non-hydrogen) atoms. The van der Waals surface area contributed by atoms with Crippen molar-refractivity contribution in [2.45, 2.75) is 11.4 Å². The monoisotopic (exact) mass is 298 g/mol. The molecule has 0 aliphatic rings. The van der Waals surface area contributed by atoms with Gasteiger partial charge in [-0.2, -0.15) is 0 Å². The maximum atomic E-state index is 13.5. The quantitative estimate of drug-likeness (QED) is 0.848. The van der Waals surface area contributed by atoms with Crippen LogP contribution in [0.2, 0.25) is 0 Å². The van der Waals surface area contributed by atoms with Crippen molar-refractivity contribution >= 4 is 15.7 Å². The van der Waals surface area contributed by atoms with E-state index in [1.165, 1.54) is 24.3 Å². The van der Waals surface area contributed by atoms with Gasteiger partial charge in [0.15, 0.2) is 0 Å². The summed E-state index contributed by atoms with van der Waals surface area (Å²) in [7, 11) is -4.05. The van der Waals surface area contributed by atoms with Gasteiger partial charge in [0.05, 0.1) is 0 Å². The minimum atomic E-state index is -4.05. The van der Waals surface area contributed by atoms with E-state index in [9.17, 15) is 17.2 Å². The Balaban J connectivity index is 2.21. The van der Waals surface area contributed by atoms with Crippen molar-refractivity contribution in [3.05, 3.63) is 59.7 Å². The van der Waals surface area contributed by atoms with Crippen LogP contribution in [0.1, 0.15) is 5.56 Å². The van der Waals surface area contributed by atoms with Gasteiger partial charge in [0.1, 0.15) is 16.5 Å². The average Bonchev–Trinajstić information content (AvgIpc) is 2.39. The number of benzene rings is 2. The van der Waals surface area contributed by atoms with Crippen molar-refractivity contribution in [2.75, 3.05) is 5.73 Å². The van der Waals surface area contributed by atoms with Crippen LogP contribution in [0.3, 0.4) is 0 Å². The van der Waals surface area contributed by atoms with Crippen molar-refractivity contribution in [3.8, 4) is 0 Å². The highest BCUT2D eigenvalue weighted by Crippen LogP contribution is 2.17. The number of sulfonamides is 1. The molecule has 0 aliphatic carbocycles. The predicted molar refractivity (Wildman–Crippen MR) is 71.2 cm³/mol. The smallest absolute Gasteiger partial charge is 0.243 e. The number of nitrogen functional groups attached to an aromatic ring is 1. The van der Waals surface area contributed by atoms with Gasteiger partial charge in [0.2, 0.25) is 10.0 Å². The van der Waals surface area contributed by atoms with E-state index in [-0.39, 0.29) is 12.2 Å². The van der Waals surface area contributed by atoms with Crippen molar-refractivity contribution in [1.82, 2.24) is 4.72 Å². The van der Waals surface area contributed by atoms with Crippen LogP contribution in [0.4, 0.5) is 14.5 Å². The van der Waals surface area contributed by atoms with Crippen LogP contribution in [0, 0.1) is 11.6 Å². The first-order valence-electron chi connectivity index (χ1n) is 5.67. The lowest BCUT2D eigenvalue weighted by molar-refractivity contribution is 0.556. The van der Waals surface area contributed by atoms with Crippen LogP contribution in [-0.2, 0) is 16.6 Å². The third kappa shape index (κ3) is 3.31. The molecule has 0 atom stereocenters. The van der Waals surface area contributed by atoms with Gasteiger partial charge in [-0.3, -0.25) is 0 Å². The Hall–Kier alpha value is -1.99. The van der Waals surface area contributed by atoms with Crippen molar-refractivity contribution in [1.29, 1.82) is 0 Å². The highest BCUT2D eigenvalue weighted by molar-refractivity contribution is 7.89. The Labute approximate surface area is 115 Å². The van der Waals surface area contributed by atoms with E-state index in [0.717, 1.165) is 12.1 Å². The average molecular weight is 298 g/mol. The lowest BCUT2D eigenvalue weighted by Crippen LogP contribution is -2.24. The summed E-state index contributed by atoms with van der Waals surface area (Å²) in [5, 5.41) is 0. The first-order valence-corrected chi connectivity index (χ1v) is 7.16. The second-order valence-electron chi connectivity index (χ2n) is 4.14. The highest BCUT2D eigenvalue weighted by atomic mass is 32.2. The molecule has 2 aromatic rings. The third-order valence-electron chi connectivity index (χ3n) is 2.60. The molecule has 0 unspecified atom stereocenters. The number of anilines is 1. The van der Waals surface area contributed by atoms with Gasteiger partial charge in [-0.25, -0.2) is 21.9 Å². The first kappa shape index (κ1) is 14.4. The maximum absolute atomic E-state index is 13.5. The topological polar surface area (TPSA) is 72.2 Å². The normalized spacial score (nSPS) is 11.5. The summed E-state index contributed by atoms with van der Waals surface area (Å²) in [6.07, 6.45) is 0. The Morgan fingerprint density at radius 2 is 1.85 bits per heavy atom. The molecule has 0 saturated heterocycles. The van der Waals surface area contributed by atoms with Crippen LogP contribution in [0.25, 0.3) is 0 Å². The van der Waals surface area contributed by atoms with Gasteiger partial charge in [0.25, 0.3) is 0 Å². The van der Waals surface area contributed by atoms with Gasteiger partial charge < -0.3 is 5.73 Å². The maximum Gasteiger partial charge on any atom is 0.243 e. The molecule has 0 aliphatic heterocycles. The van der Waals surface area contributed by atoms with Gasteiger partial charge in [-0.15, -0.1) is 0 Å². The van der Waals surface area contributed by atoms with Crippen molar-refractivity contribution in [2.24, 2.45) is 0 Å². The molecule has 106 valence electrons. The molecule has 0 spiro atoms. The van der Waals surface area contributed by atoms with Gasteiger partial charge in [-0.1, -0.05) is 12.1 Å². The Kier molecular flexibility index (Phi) is 4.01. The van der Waals surface area contributed by atoms with Crippen molar-refractivity contribution < 1.29 is 17.2 Å². The van der Waals surface area contributed by atoms with Gasteiger partial charge >= 0.3 is 0 Å². The molecule has 0 fully saturated rings. The van der Waals surface area contributed by atoms with E-state index in [2.05, 4.69) is 4.72 Å². The Morgan fingerprint density at radius 3 is 2.55 bits per heavy atom. The zero-order chi connectivity index (χ0) is 14.8. The van der Waals surface area contributed by atoms with Crippen LogP contribution in [-0.4, -0.2) is 8.42 Å². The summed E-state index contributed by atoms with van der Waals surface area (Å²) < 4.78 is 52.6. The van der Waals surface area contributed by atoms with Crippen LogP contribution < -0.4 is 10.5 Å². The molecule has 0 heterocycles. The fourth-order valence-electron chi connectivity index (χ4n) is 1.63. The molecular weight excluding hydrogens is 286 g/mol. The zero-order valence-electron chi connectivity index (χ0n) is 10.3. The number of rotatable bonds is 4. The molecule has 0 amide bonds. The molecule has 2 rings (SSSR count). The number of nitrogens with two attached hydrogens (primary N) is 1. The largest absolute Gasteiger partial charge is 0.399 e. The summed E-state index contributed by atoms with van der Waals surface area (Å²) in [5.41, 5.74) is 6.01. The standard InChI is InChI=1S/C13H12F2N2O2S/c14-10-3-1-2-9(6-10)8-17-20(18,19)13-7-11(16)4-5-12(13)15/h1-7,17H,8,16H2. The second kappa shape index (κ2) is 5.56. The van der Waals surface area contributed by atoms with E-state index in [1.54, 1.807) is 6.07 Å². The third-order valence-corrected chi connectivity index (χ3v) is 4.02. The molecule has 0 radical (unpaired) electrons. The molecule has 3 N–H and O–H groups in total. The summed E-state index contributed by atoms with van der Waals surface area (Å²) in [4.78, 5) is -0.533. The van der Waals surface area contributed by atoms with Crippen molar-refractivity contribution in [3.63, 3.8) is 0 Å². The molecular formula is C13H12F2N2O2S. The summed E-state index contributed by atoms with van der Waals surface area (Å²) >= 11 is 0. The lowest BCUT2D eigenvalue weighted by atomic mass is 10.2. The van der Waals surface area contributed by atoms with E-state index >= 15 is 0 Å². The fourth-order valence-corrected chi connectivity index (χ4v) is 2.76. The number of hydrogen-bond acceptors (Lipinski definition) is 3. The Morgan fingerprint density at radius 1 is 1.10 bits per heavy atom. The van der Waals surface area contributed by atoms with E-state index < -0.39 is 26.6 Å². The molecule has 4 nitrogen and oxygen atoms in total. The fraction of sp³-hybridized carbons (Fsp3) is 0.0769. The number of hydrogen-bond donors (Lipinski definition) is 2. The summed E-state index contributed by atoms with van der Waals surface area (Å²) in [6, 6.07) is 8.73. The SMILES string of the molecule is Nc1ccc(F)c(S(=O)(=O)NCc2cccc(F)c2)c1. The number of nitrogens with one attached hydrogen (secondary N) is 1. The van der Waals surface area contributed by atoms with E-state index in [1.807, 2.05) is 0 Å². The molecule has 0 saturated carbocycles. The molecule has 2 aromatic carbocycles. The van der Waals surface area contributed by atoms with Gasteiger partial charge in [0, 0.05) is 12.2 Å².